The van der Waals surface area contributed by atoms with Gasteiger partial charge in [-0.2, -0.15) is 0 Å². The number of benzene rings is 1. The summed E-state index contributed by atoms with van der Waals surface area (Å²) in [7, 11) is 0. The fourth-order valence-corrected chi connectivity index (χ4v) is 2.25. The molecule has 0 radical (unpaired) electrons. The molecule has 0 atom stereocenters. The lowest BCUT2D eigenvalue weighted by atomic mass is 10.2. The quantitative estimate of drug-likeness (QED) is 0.747. The third-order valence-corrected chi connectivity index (χ3v) is 3.28. The Labute approximate surface area is 120 Å². The molecule has 3 aromatic rings. The summed E-state index contributed by atoms with van der Waals surface area (Å²) in [5.41, 5.74) is 2.40. The van der Waals surface area contributed by atoms with Crippen LogP contribution in [0.2, 0.25) is 0 Å². The van der Waals surface area contributed by atoms with Crippen LogP contribution in [0.4, 0.5) is 5.69 Å². The Morgan fingerprint density at radius 2 is 2.14 bits per heavy atom. The molecule has 0 amide bonds. The molecule has 3 rings (SSSR count). The monoisotopic (exact) mass is 277 g/mol. The minimum absolute atomic E-state index is 0.221. The van der Waals surface area contributed by atoms with Crippen molar-refractivity contribution in [3.8, 4) is 0 Å². The maximum Gasteiger partial charge on any atom is 0.335 e. The molecule has 0 aliphatic heterocycles. The van der Waals surface area contributed by atoms with Crippen LogP contribution in [-0.4, -0.2) is 20.6 Å². The second-order valence-electron chi connectivity index (χ2n) is 4.64. The predicted octanol–water partition coefficient (Wildman–Crippen LogP) is 3.33. The first-order valence-electron chi connectivity index (χ1n) is 6.32. The Bertz CT molecular complexity index is 875. The molecule has 21 heavy (non-hydrogen) atoms. The molecule has 0 spiro atoms. The van der Waals surface area contributed by atoms with Crippen molar-refractivity contribution < 1.29 is 9.90 Å². The van der Waals surface area contributed by atoms with Crippen molar-refractivity contribution in [1.29, 1.82) is 0 Å². The topological polar surface area (TPSA) is 59.5 Å². The van der Waals surface area contributed by atoms with Gasteiger partial charge in [0.1, 0.15) is 0 Å². The van der Waals surface area contributed by atoms with E-state index in [0.717, 1.165) is 10.9 Å². The molecule has 2 aromatic heterocycles. The fourth-order valence-electron chi connectivity index (χ4n) is 2.25. The minimum atomic E-state index is -0.966. The van der Waals surface area contributed by atoms with E-state index in [2.05, 4.69) is 9.83 Å². The van der Waals surface area contributed by atoms with Gasteiger partial charge >= 0.3 is 5.97 Å². The van der Waals surface area contributed by atoms with Gasteiger partial charge in [-0.1, -0.05) is 12.1 Å². The number of carboxylic acids is 1. The van der Waals surface area contributed by atoms with Gasteiger partial charge in [0.05, 0.1) is 24.4 Å². The standard InChI is InChI=1S/C16H11N3O2/c1-17-13-3-2-11-5-7-19(15(11)9-13)10-14-8-12(16(20)21)4-6-18-14/h2-9H,10H2,(H,20,21). The van der Waals surface area contributed by atoms with Gasteiger partial charge in [0.15, 0.2) is 5.69 Å². The van der Waals surface area contributed by atoms with Crippen LogP contribution in [0.1, 0.15) is 16.1 Å². The lowest BCUT2D eigenvalue weighted by molar-refractivity contribution is 0.0696. The van der Waals surface area contributed by atoms with Crippen LogP contribution in [0.3, 0.4) is 0 Å². The smallest absolute Gasteiger partial charge is 0.335 e. The normalized spacial score (nSPS) is 10.4. The Morgan fingerprint density at radius 3 is 2.90 bits per heavy atom. The molecule has 1 aromatic carbocycles. The molecule has 0 fully saturated rings. The van der Waals surface area contributed by atoms with E-state index in [-0.39, 0.29) is 5.56 Å². The van der Waals surface area contributed by atoms with E-state index in [1.54, 1.807) is 12.1 Å². The van der Waals surface area contributed by atoms with Crippen molar-refractivity contribution in [2.24, 2.45) is 0 Å². The maximum absolute atomic E-state index is 11.0. The van der Waals surface area contributed by atoms with Crippen molar-refractivity contribution in [3.05, 3.63) is 71.5 Å². The van der Waals surface area contributed by atoms with Crippen LogP contribution < -0.4 is 0 Å². The van der Waals surface area contributed by atoms with Crippen LogP contribution in [0, 0.1) is 6.57 Å². The lowest BCUT2D eigenvalue weighted by Gasteiger charge is -2.06. The summed E-state index contributed by atoms with van der Waals surface area (Å²) in [5.74, 6) is -0.966. The highest BCUT2D eigenvalue weighted by Crippen LogP contribution is 2.23. The molecule has 2 heterocycles. The van der Waals surface area contributed by atoms with Crippen molar-refractivity contribution in [3.63, 3.8) is 0 Å². The molecule has 0 unspecified atom stereocenters. The van der Waals surface area contributed by atoms with Gasteiger partial charge in [0.2, 0.25) is 0 Å². The minimum Gasteiger partial charge on any atom is -0.478 e. The van der Waals surface area contributed by atoms with Crippen LogP contribution >= 0.6 is 0 Å². The average molecular weight is 277 g/mol. The molecule has 0 aliphatic carbocycles. The van der Waals surface area contributed by atoms with E-state index in [9.17, 15) is 4.79 Å². The number of aromatic carboxylic acids is 1. The number of nitrogens with zero attached hydrogens (tertiary/aromatic N) is 3. The van der Waals surface area contributed by atoms with Gasteiger partial charge in [-0.15, -0.1) is 0 Å². The number of pyridine rings is 1. The summed E-state index contributed by atoms with van der Waals surface area (Å²) in [6.45, 7) is 7.54. The Kier molecular flexibility index (Phi) is 3.13. The Balaban J connectivity index is 2.00. The molecule has 1 N–H and O–H groups in total. The fraction of sp³-hybridized carbons (Fsp3) is 0.0625. The lowest BCUT2D eigenvalue weighted by Crippen LogP contribution is -2.03. The van der Waals surface area contributed by atoms with E-state index in [0.29, 0.717) is 17.9 Å². The van der Waals surface area contributed by atoms with Gasteiger partial charge in [0, 0.05) is 17.9 Å². The highest BCUT2D eigenvalue weighted by molar-refractivity contribution is 5.87. The average Bonchev–Trinajstić information content (AvgIpc) is 2.89. The summed E-state index contributed by atoms with van der Waals surface area (Å²) in [6, 6.07) is 10.5. The Hall–Kier alpha value is -3.13. The van der Waals surface area contributed by atoms with E-state index < -0.39 is 5.97 Å². The predicted molar refractivity (Wildman–Crippen MR) is 78.5 cm³/mol. The number of carboxylic acid groups (broad SMARTS) is 1. The summed E-state index contributed by atoms with van der Waals surface area (Å²) in [4.78, 5) is 18.6. The molecule has 0 saturated carbocycles. The summed E-state index contributed by atoms with van der Waals surface area (Å²) >= 11 is 0. The highest BCUT2D eigenvalue weighted by atomic mass is 16.4. The van der Waals surface area contributed by atoms with Gasteiger partial charge in [-0.3, -0.25) is 4.98 Å². The molecule has 5 nitrogen and oxygen atoms in total. The summed E-state index contributed by atoms with van der Waals surface area (Å²) < 4.78 is 1.96. The zero-order chi connectivity index (χ0) is 14.8. The first-order valence-corrected chi connectivity index (χ1v) is 6.32. The first kappa shape index (κ1) is 12.9. The van der Waals surface area contributed by atoms with Crippen LogP contribution in [0.5, 0.6) is 0 Å². The number of fused-ring (bicyclic) bond motifs is 1. The van der Waals surface area contributed by atoms with Gasteiger partial charge in [0.25, 0.3) is 0 Å². The second-order valence-corrected chi connectivity index (χ2v) is 4.64. The number of hydrogen-bond donors (Lipinski definition) is 1. The van der Waals surface area contributed by atoms with E-state index >= 15 is 0 Å². The molecule has 0 aliphatic rings. The third-order valence-electron chi connectivity index (χ3n) is 3.28. The van der Waals surface area contributed by atoms with Crippen molar-refractivity contribution >= 4 is 22.6 Å². The van der Waals surface area contributed by atoms with Crippen molar-refractivity contribution in [2.75, 3.05) is 0 Å². The molecular formula is C16H11N3O2. The molecule has 0 saturated heterocycles. The second kappa shape index (κ2) is 5.10. The van der Waals surface area contributed by atoms with Crippen LogP contribution in [-0.2, 0) is 6.54 Å². The van der Waals surface area contributed by atoms with Gasteiger partial charge < -0.3 is 9.67 Å². The Morgan fingerprint density at radius 1 is 1.29 bits per heavy atom. The number of hydrogen-bond acceptors (Lipinski definition) is 2. The van der Waals surface area contributed by atoms with Crippen LogP contribution in [0.25, 0.3) is 15.7 Å². The highest BCUT2D eigenvalue weighted by Gasteiger charge is 2.07. The summed E-state index contributed by atoms with van der Waals surface area (Å²) in [6.07, 6.45) is 3.41. The zero-order valence-corrected chi connectivity index (χ0v) is 11.0. The SMILES string of the molecule is [C-]#[N+]c1ccc2ccn(Cc3cc(C(=O)O)ccn3)c2c1. The van der Waals surface area contributed by atoms with E-state index in [1.165, 1.54) is 12.3 Å². The van der Waals surface area contributed by atoms with E-state index in [4.69, 9.17) is 11.7 Å². The maximum atomic E-state index is 11.0. The first-order chi connectivity index (χ1) is 10.2. The third kappa shape index (κ3) is 2.47. The number of rotatable bonds is 3. The molecular weight excluding hydrogens is 266 g/mol. The van der Waals surface area contributed by atoms with E-state index in [1.807, 2.05) is 29.0 Å². The van der Waals surface area contributed by atoms with Gasteiger partial charge in [-0.25, -0.2) is 9.64 Å². The molecule has 5 heteroatoms. The van der Waals surface area contributed by atoms with Crippen molar-refractivity contribution in [1.82, 2.24) is 9.55 Å². The van der Waals surface area contributed by atoms with Crippen molar-refractivity contribution in [2.45, 2.75) is 6.54 Å². The number of aromatic nitrogens is 2. The molecule has 0 bridgehead atoms. The largest absolute Gasteiger partial charge is 0.478 e. The zero-order valence-electron chi connectivity index (χ0n) is 11.0. The van der Waals surface area contributed by atoms with Crippen LogP contribution in [0.15, 0.2) is 48.8 Å². The summed E-state index contributed by atoms with van der Waals surface area (Å²) in [5, 5.41) is 10.0. The van der Waals surface area contributed by atoms with Gasteiger partial charge in [-0.05, 0) is 29.7 Å². The number of carbonyl (C=O) groups is 1. The molecule has 102 valence electrons.